The molecule has 196 valence electrons. The third-order valence-corrected chi connectivity index (χ3v) is 5.15. The number of alkyl halides is 3. The van der Waals surface area contributed by atoms with Crippen molar-refractivity contribution in [3.05, 3.63) is 70.6 Å². The number of carbonyl (C=O) groups excluding carboxylic acids is 2. The zero-order chi connectivity index (χ0) is 27.3. The summed E-state index contributed by atoms with van der Waals surface area (Å²) in [5, 5.41) is 27.9. The average molecular weight is 565 g/mol. The zero-order valence-electron chi connectivity index (χ0n) is 21.4. The molecule has 3 aromatic rings. The SMILES string of the molecule is COc1ccc([C@H](CC(=O)[O-])NC(=O)Nc2c([O-])ccn(C)c2=O)cc1-c1cccc(OC(F)(F)F)c1.[Na+].[Na+]. The maximum atomic E-state index is 12.7. The normalized spacial score (nSPS) is 11.3. The van der Waals surface area contributed by atoms with Crippen LogP contribution in [-0.2, 0) is 11.8 Å². The molecule has 0 aliphatic carbocycles. The average Bonchev–Trinajstić information content (AvgIpc) is 2.82. The van der Waals surface area contributed by atoms with E-state index in [0.29, 0.717) is 0 Å². The van der Waals surface area contributed by atoms with Gasteiger partial charge in [-0.05, 0) is 35.4 Å². The molecule has 0 radical (unpaired) electrons. The number of carboxylic acid groups (broad SMARTS) is 1. The van der Waals surface area contributed by atoms with Crippen molar-refractivity contribution in [1.29, 1.82) is 0 Å². The van der Waals surface area contributed by atoms with Crippen LogP contribution in [0.5, 0.6) is 17.2 Å². The second-order valence-corrected chi connectivity index (χ2v) is 7.73. The molecule has 2 amide bonds. The molecule has 10 nitrogen and oxygen atoms in total. The third-order valence-electron chi connectivity index (χ3n) is 5.15. The predicted molar refractivity (Wildman–Crippen MR) is 121 cm³/mol. The molecule has 1 atom stereocenters. The van der Waals surface area contributed by atoms with Gasteiger partial charge in [-0.3, -0.25) is 4.79 Å². The minimum Gasteiger partial charge on any atom is -0.871 e. The van der Waals surface area contributed by atoms with Crippen molar-refractivity contribution >= 4 is 17.7 Å². The van der Waals surface area contributed by atoms with Gasteiger partial charge in [-0.1, -0.05) is 30.0 Å². The van der Waals surface area contributed by atoms with Crippen LogP contribution in [0, 0.1) is 0 Å². The van der Waals surface area contributed by atoms with Gasteiger partial charge in [0.05, 0.1) is 13.2 Å². The van der Waals surface area contributed by atoms with E-state index in [-0.39, 0.29) is 81.6 Å². The van der Waals surface area contributed by atoms with Crippen LogP contribution in [-0.4, -0.2) is 30.0 Å². The summed E-state index contributed by atoms with van der Waals surface area (Å²) in [5.74, 6) is -2.52. The van der Waals surface area contributed by atoms with Crippen molar-refractivity contribution in [3.63, 3.8) is 0 Å². The number of halogens is 3. The number of nitrogens with zero attached hydrogens (tertiary/aromatic N) is 1. The molecule has 15 heteroatoms. The first-order valence-electron chi connectivity index (χ1n) is 10.6. The molecule has 0 unspecified atom stereocenters. The Hall–Kier alpha value is -2.68. The van der Waals surface area contributed by atoms with Gasteiger partial charge in [0.25, 0.3) is 5.56 Å². The maximum Gasteiger partial charge on any atom is 1.00 e. The molecule has 39 heavy (non-hydrogen) atoms. The van der Waals surface area contributed by atoms with E-state index in [9.17, 15) is 37.8 Å². The number of urea groups is 1. The molecule has 0 fully saturated rings. The van der Waals surface area contributed by atoms with Crippen LogP contribution < -0.4 is 95.0 Å². The molecule has 3 rings (SSSR count). The molecular weight excluding hydrogens is 545 g/mol. The number of amides is 2. The van der Waals surface area contributed by atoms with Gasteiger partial charge >= 0.3 is 71.5 Å². The van der Waals surface area contributed by atoms with E-state index in [1.807, 2.05) is 0 Å². The van der Waals surface area contributed by atoms with Gasteiger partial charge in [-0.15, -0.1) is 13.2 Å². The fourth-order valence-corrected chi connectivity index (χ4v) is 3.48. The van der Waals surface area contributed by atoms with Crippen LogP contribution in [0.1, 0.15) is 18.0 Å². The van der Waals surface area contributed by atoms with E-state index in [4.69, 9.17) is 4.74 Å². The molecule has 0 bridgehead atoms. The van der Waals surface area contributed by atoms with Crippen LogP contribution in [0.2, 0.25) is 0 Å². The number of aliphatic carboxylic acids is 1. The summed E-state index contributed by atoms with van der Waals surface area (Å²) in [7, 11) is 2.71. The Morgan fingerprint density at radius 2 is 1.79 bits per heavy atom. The number of carboxylic acids is 1. The Morgan fingerprint density at radius 1 is 1.10 bits per heavy atom. The quantitative estimate of drug-likeness (QED) is 0.265. The van der Waals surface area contributed by atoms with E-state index < -0.39 is 53.6 Å². The number of carbonyl (C=O) groups is 2. The molecule has 0 aliphatic heterocycles. The summed E-state index contributed by atoms with van der Waals surface area (Å²) in [5.41, 5.74) is -0.558. The zero-order valence-corrected chi connectivity index (χ0v) is 25.4. The molecule has 1 aromatic heterocycles. The van der Waals surface area contributed by atoms with Gasteiger partial charge in [0.2, 0.25) is 0 Å². The van der Waals surface area contributed by atoms with E-state index in [1.165, 1.54) is 50.7 Å². The summed E-state index contributed by atoms with van der Waals surface area (Å²) >= 11 is 0. The number of aromatic nitrogens is 1. The Labute approximate surface area is 264 Å². The molecule has 2 aromatic carbocycles. The number of hydrogen-bond acceptors (Lipinski definition) is 7. The monoisotopic (exact) mass is 565 g/mol. The number of hydrogen-bond donors (Lipinski definition) is 2. The summed E-state index contributed by atoms with van der Waals surface area (Å²) in [6.45, 7) is 0. The predicted octanol–water partition coefficient (Wildman–Crippen LogP) is -3.96. The minimum atomic E-state index is -4.91. The third kappa shape index (κ3) is 9.48. The second kappa shape index (κ2) is 14.6. The van der Waals surface area contributed by atoms with Crippen molar-refractivity contribution in [2.75, 3.05) is 12.4 Å². The van der Waals surface area contributed by atoms with Crippen LogP contribution >= 0.6 is 0 Å². The van der Waals surface area contributed by atoms with E-state index >= 15 is 0 Å². The fraction of sp³-hybridized carbons (Fsp3) is 0.208. The number of benzene rings is 2. The van der Waals surface area contributed by atoms with Gasteiger partial charge in [0.15, 0.2) is 0 Å². The van der Waals surface area contributed by atoms with Gasteiger partial charge in [-0.2, -0.15) is 0 Å². The van der Waals surface area contributed by atoms with Gasteiger partial charge in [-0.25, -0.2) is 4.79 Å². The molecule has 0 saturated carbocycles. The van der Waals surface area contributed by atoms with E-state index in [1.54, 1.807) is 0 Å². The van der Waals surface area contributed by atoms with Gasteiger partial charge in [0.1, 0.15) is 17.2 Å². The second-order valence-electron chi connectivity index (χ2n) is 7.73. The molecule has 0 aliphatic rings. The molecular formula is C24H20F3N3Na2O7. The number of rotatable bonds is 8. The first-order chi connectivity index (χ1) is 17.4. The summed E-state index contributed by atoms with van der Waals surface area (Å²) in [6.07, 6.45) is -4.39. The number of ether oxygens (including phenoxy) is 2. The standard InChI is InChI=1S/C24H22F3N3O7.2Na/c1-30-9-8-18(31)21(22(30)34)29-23(35)28-17(12-20(32)33)14-6-7-19(36-2)16(11-14)13-4-3-5-15(10-13)37-24(25,26)27;;/h3-11,17,31H,12H2,1-2H3,(H,32,33)(H2,28,29,35);;/q;2*+1/p-2/t17-;;/m0../s1. The van der Waals surface area contributed by atoms with Crippen molar-refractivity contribution < 1.29 is 102 Å². The molecule has 1 heterocycles. The van der Waals surface area contributed by atoms with Crippen LogP contribution in [0.4, 0.5) is 23.7 Å². The topological polar surface area (TPSA) is 145 Å². The van der Waals surface area contributed by atoms with Gasteiger partial charge < -0.3 is 39.7 Å². The summed E-state index contributed by atoms with van der Waals surface area (Å²) in [4.78, 5) is 36.1. The largest absolute Gasteiger partial charge is 1.00 e. The smallest absolute Gasteiger partial charge is 0.871 e. The number of nitrogens with one attached hydrogen (secondary N) is 2. The maximum absolute atomic E-state index is 12.7. The fourth-order valence-electron chi connectivity index (χ4n) is 3.48. The van der Waals surface area contributed by atoms with E-state index in [2.05, 4.69) is 15.4 Å². The minimum absolute atomic E-state index is 0. The number of anilines is 1. The number of pyridine rings is 1. The number of aryl methyl sites for hydroxylation is 1. The first-order valence-corrected chi connectivity index (χ1v) is 10.6. The number of methoxy groups -OCH3 is 1. The molecule has 2 N–H and O–H groups in total. The van der Waals surface area contributed by atoms with Crippen LogP contribution in [0.3, 0.4) is 0 Å². The first kappa shape index (κ1) is 34.3. The van der Waals surface area contributed by atoms with Crippen molar-refractivity contribution in [2.24, 2.45) is 7.05 Å². The van der Waals surface area contributed by atoms with Crippen molar-refractivity contribution in [1.82, 2.24) is 9.88 Å². The Morgan fingerprint density at radius 3 is 2.41 bits per heavy atom. The van der Waals surface area contributed by atoms with Crippen LogP contribution in [0.25, 0.3) is 11.1 Å². The Balaban J connectivity index is 0.00000380. The molecule has 0 saturated heterocycles. The van der Waals surface area contributed by atoms with Crippen molar-refractivity contribution in [3.8, 4) is 28.4 Å². The van der Waals surface area contributed by atoms with Gasteiger partial charge in [0, 0.05) is 31.2 Å². The summed E-state index contributed by atoms with van der Waals surface area (Å²) in [6, 6.07) is 8.14. The Kier molecular flexibility index (Phi) is 12.9. The van der Waals surface area contributed by atoms with Crippen molar-refractivity contribution in [2.45, 2.75) is 18.8 Å². The Bertz CT molecular complexity index is 1380. The molecule has 0 spiro atoms. The summed E-state index contributed by atoms with van der Waals surface area (Å²) < 4.78 is 48.3. The van der Waals surface area contributed by atoms with Crippen LogP contribution in [0.15, 0.2) is 59.5 Å². The van der Waals surface area contributed by atoms with E-state index in [0.717, 1.165) is 22.8 Å².